The van der Waals surface area contributed by atoms with E-state index in [0.29, 0.717) is 35.1 Å². The summed E-state index contributed by atoms with van der Waals surface area (Å²) in [6.45, 7) is 0. The first-order valence-electron chi connectivity index (χ1n) is 7.62. The second-order valence-corrected chi connectivity index (χ2v) is 8.09. The number of nitrogens with one attached hydrogen (secondary N) is 1. The molecule has 0 atom stereocenters. The molecule has 2 aromatic carbocycles. The van der Waals surface area contributed by atoms with Crippen LogP contribution in [-0.2, 0) is 19.6 Å². The Morgan fingerprint density at radius 2 is 1.52 bits per heavy atom. The van der Waals surface area contributed by atoms with Gasteiger partial charge in [-0.2, -0.15) is 0 Å². The molecule has 1 aliphatic heterocycles. The van der Waals surface area contributed by atoms with Crippen molar-refractivity contribution in [3.63, 3.8) is 0 Å². The highest BCUT2D eigenvalue weighted by Gasteiger charge is 2.27. The zero-order chi connectivity index (χ0) is 18.0. The van der Waals surface area contributed by atoms with Crippen molar-refractivity contribution >= 4 is 49.1 Å². The number of imide groups is 1. The minimum absolute atomic E-state index is 0.0453. The van der Waals surface area contributed by atoms with Crippen LogP contribution >= 0.6 is 15.9 Å². The van der Waals surface area contributed by atoms with Crippen molar-refractivity contribution in [2.45, 2.75) is 24.2 Å². The fourth-order valence-corrected chi connectivity index (χ4v) is 4.16. The molecule has 1 aliphatic rings. The molecule has 1 N–H and O–H groups in total. The summed E-state index contributed by atoms with van der Waals surface area (Å²) in [7, 11) is -3.78. The van der Waals surface area contributed by atoms with Crippen LogP contribution in [-0.4, -0.2) is 20.2 Å². The number of carbonyl (C=O) groups excluding carboxylic acids is 2. The van der Waals surface area contributed by atoms with Crippen molar-refractivity contribution in [1.82, 2.24) is 0 Å². The van der Waals surface area contributed by atoms with Crippen LogP contribution in [0.15, 0.2) is 57.9 Å². The zero-order valence-corrected chi connectivity index (χ0v) is 15.5. The maximum absolute atomic E-state index is 12.5. The van der Waals surface area contributed by atoms with Crippen molar-refractivity contribution in [2.75, 3.05) is 9.62 Å². The minimum atomic E-state index is -3.78. The number of hydrogen-bond donors (Lipinski definition) is 1. The summed E-state index contributed by atoms with van der Waals surface area (Å²) in [5, 5.41) is 0. The van der Waals surface area contributed by atoms with Crippen LogP contribution in [0.3, 0.4) is 0 Å². The molecule has 25 heavy (non-hydrogen) atoms. The van der Waals surface area contributed by atoms with E-state index in [1.54, 1.807) is 24.3 Å². The molecule has 1 saturated heterocycles. The molecular formula is C17H15BrN2O4S. The number of para-hydroxylation sites is 1. The Bertz CT molecular complexity index is 910. The maximum atomic E-state index is 12.5. The van der Waals surface area contributed by atoms with E-state index in [4.69, 9.17) is 0 Å². The Morgan fingerprint density at radius 1 is 0.920 bits per heavy atom. The van der Waals surface area contributed by atoms with E-state index in [1.807, 2.05) is 0 Å². The highest BCUT2D eigenvalue weighted by Crippen LogP contribution is 2.27. The van der Waals surface area contributed by atoms with E-state index in [9.17, 15) is 18.0 Å². The van der Waals surface area contributed by atoms with Crippen molar-refractivity contribution in [3.8, 4) is 0 Å². The number of carbonyl (C=O) groups is 2. The predicted molar refractivity (Wildman–Crippen MR) is 97.7 cm³/mol. The second-order valence-electron chi connectivity index (χ2n) is 5.56. The molecule has 0 unspecified atom stereocenters. The summed E-state index contributed by atoms with van der Waals surface area (Å²) in [5.41, 5.74) is 0.808. The van der Waals surface area contributed by atoms with Gasteiger partial charge < -0.3 is 0 Å². The molecule has 8 heteroatoms. The van der Waals surface area contributed by atoms with Gasteiger partial charge in [-0.25, -0.2) is 8.42 Å². The summed E-state index contributed by atoms with van der Waals surface area (Å²) in [6, 6.07) is 12.6. The highest BCUT2D eigenvalue weighted by molar-refractivity contribution is 9.10. The largest absolute Gasteiger partial charge is 0.278 e. The van der Waals surface area contributed by atoms with Gasteiger partial charge in [-0.3, -0.25) is 19.2 Å². The van der Waals surface area contributed by atoms with Gasteiger partial charge in [-0.05, 0) is 58.7 Å². The first-order valence-corrected chi connectivity index (χ1v) is 9.89. The van der Waals surface area contributed by atoms with E-state index >= 15 is 0 Å². The van der Waals surface area contributed by atoms with E-state index in [2.05, 4.69) is 20.7 Å². The summed E-state index contributed by atoms with van der Waals surface area (Å²) in [6.07, 6.45) is 1.18. The van der Waals surface area contributed by atoms with Gasteiger partial charge in [0.15, 0.2) is 0 Å². The summed E-state index contributed by atoms with van der Waals surface area (Å²) in [4.78, 5) is 25.0. The van der Waals surface area contributed by atoms with Crippen LogP contribution < -0.4 is 9.62 Å². The van der Waals surface area contributed by atoms with Crippen LogP contribution in [0, 0.1) is 0 Å². The number of anilines is 2. The van der Waals surface area contributed by atoms with Gasteiger partial charge in [-0.15, -0.1) is 0 Å². The molecule has 0 radical (unpaired) electrons. The Hall–Kier alpha value is -2.19. The molecule has 2 amide bonds. The van der Waals surface area contributed by atoms with E-state index in [-0.39, 0.29) is 16.7 Å². The van der Waals surface area contributed by atoms with Gasteiger partial charge in [0.05, 0.1) is 16.3 Å². The number of hydrogen-bond acceptors (Lipinski definition) is 4. The number of rotatable bonds is 4. The molecule has 0 saturated carbocycles. The standard InChI is InChI=1S/C17H15BrN2O4S/c18-14-4-1-2-5-15(14)19-25(23,24)13-10-8-12(9-11-13)20-16(21)6-3-7-17(20)22/h1-2,4-5,8-11,19H,3,6-7H2. The van der Waals surface area contributed by atoms with Gasteiger partial charge in [0, 0.05) is 17.3 Å². The molecule has 0 spiro atoms. The lowest BCUT2D eigenvalue weighted by atomic mass is 10.1. The third-order valence-electron chi connectivity index (χ3n) is 3.80. The van der Waals surface area contributed by atoms with Gasteiger partial charge in [0.2, 0.25) is 11.8 Å². The smallest absolute Gasteiger partial charge is 0.261 e. The van der Waals surface area contributed by atoms with Crippen molar-refractivity contribution in [2.24, 2.45) is 0 Å². The quantitative estimate of drug-likeness (QED) is 0.766. The SMILES string of the molecule is O=C1CCCC(=O)N1c1ccc(S(=O)(=O)Nc2ccccc2Br)cc1. The van der Waals surface area contributed by atoms with E-state index < -0.39 is 10.0 Å². The molecule has 130 valence electrons. The van der Waals surface area contributed by atoms with Gasteiger partial charge in [0.1, 0.15) is 0 Å². The first kappa shape index (κ1) is 17.6. The Morgan fingerprint density at radius 3 is 2.12 bits per heavy atom. The highest BCUT2D eigenvalue weighted by atomic mass is 79.9. The Labute approximate surface area is 154 Å². The summed E-state index contributed by atoms with van der Waals surface area (Å²) in [5.74, 6) is -0.531. The molecule has 0 aliphatic carbocycles. The normalized spacial score (nSPS) is 15.3. The van der Waals surface area contributed by atoms with Gasteiger partial charge in [0.25, 0.3) is 10.0 Å². The number of nitrogens with zero attached hydrogens (tertiary/aromatic N) is 1. The molecule has 0 aromatic heterocycles. The van der Waals surface area contributed by atoms with Gasteiger partial charge >= 0.3 is 0 Å². The minimum Gasteiger partial charge on any atom is -0.278 e. The Kier molecular flexibility index (Phi) is 4.91. The number of piperidine rings is 1. The van der Waals surface area contributed by atoms with Crippen molar-refractivity contribution in [3.05, 3.63) is 53.0 Å². The zero-order valence-electron chi connectivity index (χ0n) is 13.1. The topological polar surface area (TPSA) is 83.6 Å². The van der Waals surface area contributed by atoms with Crippen LogP contribution in [0.2, 0.25) is 0 Å². The number of halogens is 1. The molecule has 0 bridgehead atoms. The number of benzene rings is 2. The third kappa shape index (κ3) is 3.74. The summed E-state index contributed by atoms with van der Waals surface area (Å²) >= 11 is 3.29. The lowest BCUT2D eigenvalue weighted by Crippen LogP contribution is -2.40. The molecule has 1 fully saturated rings. The molecule has 1 heterocycles. The van der Waals surface area contributed by atoms with Crippen LogP contribution in [0.1, 0.15) is 19.3 Å². The lowest BCUT2D eigenvalue weighted by Gasteiger charge is -2.24. The second kappa shape index (κ2) is 6.97. The van der Waals surface area contributed by atoms with Gasteiger partial charge in [-0.1, -0.05) is 12.1 Å². The van der Waals surface area contributed by atoms with E-state index in [0.717, 1.165) is 4.90 Å². The van der Waals surface area contributed by atoms with Crippen LogP contribution in [0.4, 0.5) is 11.4 Å². The first-order chi connectivity index (χ1) is 11.9. The molecule has 6 nitrogen and oxygen atoms in total. The monoisotopic (exact) mass is 422 g/mol. The average Bonchev–Trinajstić information content (AvgIpc) is 2.57. The maximum Gasteiger partial charge on any atom is 0.261 e. The Balaban J connectivity index is 1.85. The van der Waals surface area contributed by atoms with Crippen molar-refractivity contribution < 1.29 is 18.0 Å². The van der Waals surface area contributed by atoms with E-state index in [1.165, 1.54) is 24.3 Å². The fraction of sp³-hybridized carbons (Fsp3) is 0.176. The molecule has 3 rings (SSSR count). The molecular weight excluding hydrogens is 408 g/mol. The number of sulfonamides is 1. The summed E-state index contributed by atoms with van der Waals surface area (Å²) < 4.78 is 28.1. The van der Waals surface area contributed by atoms with Crippen molar-refractivity contribution in [1.29, 1.82) is 0 Å². The average molecular weight is 423 g/mol. The molecule has 2 aromatic rings. The fourth-order valence-electron chi connectivity index (χ4n) is 2.56. The third-order valence-corrected chi connectivity index (χ3v) is 5.88. The van der Waals surface area contributed by atoms with Crippen LogP contribution in [0.5, 0.6) is 0 Å². The lowest BCUT2D eigenvalue weighted by molar-refractivity contribution is -0.129. The predicted octanol–water partition coefficient (Wildman–Crippen LogP) is 3.29. The van der Waals surface area contributed by atoms with Crippen LogP contribution in [0.25, 0.3) is 0 Å². The number of amides is 2.